The molecule has 0 radical (unpaired) electrons. The molecular weight excluding hydrogens is 152 g/mol. The molecule has 0 amide bonds. The summed E-state index contributed by atoms with van der Waals surface area (Å²) in [5.41, 5.74) is 0. The Labute approximate surface area is 74.0 Å². The van der Waals surface area contributed by atoms with Crippen LogP contribution in [0.2, 0.25) is 0 Å². The monoisotopic (exact) mass is 169 g/mol. The number of carboxylic acid groups (broad SMARTS) is 1. The summed E-state index contributed by atoms with van der Waals surface area (Å²) in [6, 6.07) is 0. The quantitative estimate of drug-likeness (QED) is 0.628. The number of aliphatic carboxylic acids is 1. The van der Waals surface area contributed by atoms with E-state index in [2.05, 4.69) is 0 Å². The van der Waals surface area contributed by atoms with Gasteiger partial charge in [-0.25, -0.2) is 0 Å². The average Bonchev–Trinajstić information content (AvgIpc) is 1.93. The first-order valence-electron chi connectivity index (χ1n) is 4.99. The molecule has 2 nitrogen and oxygen atoms in total. The lowest BCUT2D eigenvalue weighted by atomic mass is 9.89. The molecule has 0 atom stereocenters. The summed E-state index contributed by atoms with van der Waals surface area (Å²) in [5, 5.41) is 10.4. The Hall–Kier alpha value is -0.530. The van der Waals surface area contributed by atoms with E-state index in [4.69, 9.17) is 0 Å². The van der Waals surface area contributed by atoms with Gasteiger partial charge in [0, 0.05) is 5.97 Å². The van der Waals surface area contributed by atoms with Crippen molar-refractivity contribution < 1.29 is 9.90 Å². The van der Waals surface area contributed by atoms with Crippen LogP contribution in [0.15, 0.2) is 0 Å². The van der Waals surface area contributed by atoms with Gasteiger partial charge in [0.25, 0.3) is 0 Å². The first-order chi connectivity index (χ1) is 5.79. The maximum Gasteiger partial charge on any atom is 0.0417 e. The molecule has 0 aromatic rings. The highest BCUT2D eigenvalue weighted by molar-refractivity contribution is 5.64. The van der Waals surface area contributed by atoms with Crippen LogP contribution in [-0.4, -0.2) is 5.97 Å². The minimum absolute atomic E-state index is 0.278. The Morgan fingerprint density at radius 2 is 1.58 bits per heavy atom. The summed E-state index contributed by atoms with van der Waals surface area (Å²) in [4.78, 5) is 10.4. The van der Waals surface area contributed by atoms with E-state index in [-0.39, 0.29) is 6.42 Å². The number of rotatable bonds is 2. The van der Waals surface area contributed by atoms with Gasteiger partial charge in [0.15, 0.2) is 0 Å². The zero-order valence-corrected chi connectivity index (χ0v) is 7.55. The molecule has 0 unspecified atom stereocenters. The third kappa shape index (κ3) is 3.74. The molecule has 0 aromatic carbocycles. The summed E-state index contributed by atoms with van der Waals surface area (Å²) >= 11 is 0. The molecule has 0 aliphatic heterocycles. The normalized spacial score (nSPS) is 21.3. The summed E-state index contributed by atoms with van der Waals surface area (Å²) in [6.45, 7) is 0. The van der Waals surface area contributed by atoms with Crippen molar-refractivity contribution in [2.75, 3.05) is 0 Å². The van der Waals surface area contributed by atoms with Crippen LogP contribution in [0, 0.1) is 5.92 Å². The fourth-order valence-electron chi connectivity index (χ4n) is 1.98. The van der Waals surface area contributed by atoms with E-state index < -0.39 is 5.97 Å². The van der Waals surface area contributed by atoms with Crippen LogP contribution < -0.4 is 5.11 Å². The standard InChI is InChI=1S/C10H18O2/c11-10(12)8-9-6-4-2-1-3-5-7-9/h9H,1-8H2,(H,11,12)/p-1. The minimum atomic E-state index is -0.874. The van der Waals surface area contributed by atoms with Crippen molar-refractivity contribution in [3.8, 4) is 0 Å². The molecule has 1 fully saturated rings. The molecule has 70 valence electrons. The summed E-state index contributed by atoms with van der Waals surface area (Å²) in [7, 11) is 0. The predicted octanol–water partition coefficient (Wildman–Crippen LogP) is 1.49. The SMILES string of the molecule is O=C([O-])CC1CCCCCCC1. The van der Waals surface area contributed by atoms with E-state index >= 15 is 0 Å². The second kappa shape index (κ2) is 5.18. The van der Waals surface area contributed by atoms with Gasteiger partial charge in [0.05, 0.1) is 0 Å². The first kappa shape index (κ1) is 9.56. The molecular formula is C10H17O2-. The smallest absolute Gasteiger partial charge is 0.0417 e. The Balaban J connectivity index is 2.24. The molecule has 1 saturated carbocycles. The van der Waals surface area contributed by atoms with E-state index in [1.54, 1.807) is 0 Å². The predicted molar refractivity (Wildman–Crippen MR) is 45.4 cm³/mol. The largest absolute Gasteiger partial charge is 0.550 e. The van der Waals surface area contributed by atoms with Crippen molar-refractivity contribution in [3.63, 3.8) is 0 Å². The number of hydrogen-bond acceptors (Lipinski definition) is 2. The van der Waals surface area contributed by atoms with E-state index in [0.717, 1.165) is 12.8 Å². The van der Waals surface area contributed by atoms with Crippen LogP contribution in [0.3, 0.4) is 0 Å². The lowest BCUT2D eigenvalue weighted by molar-refractivity contribution is -0.306. The van der Waals surface area contributed by atoms with E-state index in [1.165, 1.54) is 32.1 Å². The van der Waals surface area contributed by atoms with E-state index in [9.17, 15) is 9.90 Å². The molecule has 1 aliphatic carbocycles. The maximum atomic E-state index is 10.4. The topological polar surface area (TPSA) is 40.1 Å². The Kier molecular flexibility index (Phi) is 4.12. The summed E-state index contributed by atoms with van der Waals surface area (Å²) in [6.07, 6.45) is 8.77. The zero-order chi connectivity index (χ0) is 8.81. The highest BCUT2D eigenvalue weighted by Gasteiger charge is 2.10. The molecule has 1 rings (SSSR count). The fraction of sp³-hybridized carbons (Fsp3) is 0.900. The number of carbonyl (C=O) groups is 1. The zero-order valence-electron chi connectivity index (χ0n) is 7.55. The molecule has 0 bridgehead atoms. The van der Waals surface area contributed by atoms with Gasteiger partial charge in [-0.1, -0.05) is 44.9 Å². The highest BCUT2D eigenvalue weighted by Crippen LogP contribution is 2.24. The van der Waals surface area contributed by atoms with Gasteiger partial charge < -0.3 is 9.90 Å². The van der Waals surface area contributed by atoms with Gasteiger partial charge in [-0.2, -0.15) is 0 Å². The molecule has 0 aromatic heterocycles. The molecule has 0 N–H and O–H groups in total. The van der Waals surface area contributed by atoms with Crippen LogP contribution in [0.1, 0.15) is 51.4 Å². The molecule has 0 spiro atoms. The van der Waals surface area contributed by atoms with E-state index in [0.29, 0.717) is 5.92 Å². The van der Waals surface area contributed by atoms with Crippen LogP contribution in [0.4, 0.5) is 0 Å². The summed E-state index contributed by atoms with van der Waals surface area (Å²) in [5.74, 6) is -0.476. The van der Waals surface area contributed by atoms with Crippen molar-refractivity contribution in [3.05, 3.63) is 0 Å². The van der Waals surface area contributed by atoms with Crippen molar-refractivity contribution in [1.82, 2.24) is 0 Å². The summed E-state index contributed by atoms with van der Waals surface area (Å²) < 4.78 is 0. The van der Waals surface area contributed by atoms with Gasteiger partial charge in [-0.05, 0) is 12.3 Å². The maximum absolute atomic E-state index is 10.4. The van der Waals surface area contributed by atoms with Crippen LogP contribution >= 0.6 is 0 Å². The second-order valence-electron chi connectivity index (χ2n) is 3.79. The van der Waals surface area contributed by atoms with Crippen molar-refractivity contribution >= 4 is 5.97 Å². The van der Waals surface area contributed by atoms with Gasteiger partial charge >= 0.3 is 0 Å². The third-order valence-corrected chi connectivity index (χ3v) is 2.68. The van der Waals surface area contributed by atoms with Crippen molar-refractivity contribution in [2.45, 2.75) is 51.4 Å². The fourth-order valence-corrected chi connectivity index (χ4v) is 1.98. The van der Waals surface area contributed by atoms with Gasteiger partial charge in [0.2, 0.25) is 0 Å². The number of hydrogen-bond donors (Lipinski definition) is 0. The Morgan fingerprint density at radius 3 is 2.08 bits per heavy atom. The van der Waals surface area contributed by atoms with Crippen LogP contribution in [0.25, 0.3) is 0 Å². The highest BCUT2D eigenvalue weighted by atomic mass is 16.4. The molecule has 1 aliphatic rings. The van der Waals surface area contributed by atoms with Crippen molar-refractivity contribution in [2.24, 2.45) is 5.92 Å². The lowest BCUT2D eigenvalue weighted by Crippen LogP contribution is -2.25. The molecule has 12 heavy (non-hydrogen) atoms. The molecule has 0 heterocycles. The third-order valence-electron chi connectivity index (χ3n) is 2.68. The number of carboxylic acids is 1. The second-order valence-corrected chi connectivity index (χ2v) is 3.79. The van der Waals surface area contributed by atoms with Crippen LogP contribution in [-0.2, 0) is 4.79 Å². The molecule has 0 saturated heterocycles. The lowest BCUT2D eigenvalue weighted by Gasteiger charge is -2.19. The minimum Gasteiger partial charge on any atom is -0.550 e. The molecule has 2 heteroatoms. The first-order valence-corrected chi connectivity index (χ1v) is 4.99. The average molecular weight is 169 g/mol. The Bertz CT molecular complexity index is 135. The number of carbonyl (C=O) groups excluding carboxylic acids is 1. The van der Waals surface area contributed by atoms with Gasteiger partial charge in [-0.15, -0.1) is 0 Å². The van der Waals surface area contributed by atoms with Gasteiger partial charge in [-0.3, -0.25) is 0 Å². The van der Waals surface area contributed by atoms with E-state index in [1.807, 2.05) is 0 Å². The Morgan fingerprint density at radius 1 is 1.08 bits per heavy atom. The van der Waals surface area contributed by atoms with Crippen molar-refractivity contribution in [1.29, 1.82) is 0 Å². The van der Waals surface area contributed by atoms with Gasteiger partial charge in [0.1, 0.15) is 0 Å². The van der Waals surface area contributed by atoms with Crippen LogP contribution in [0.5, 0.6) is 0 Å².